The van der Waals surface area contributed by atoms with Crippen LogP contribution in [-0.4, -0.2) is 12.5 Å². The van der Waals surface area contributed by atoms with Gasteiger partial charge in [-0.2, -0.15) is 0 Å². The van der Waals surface area contributed by atoms with Crippen molar-refractivity contribution in [2.75, 3.05) is 17.7 Å². The molecule has 0 unspecified atom stereocenters. The number of nitrogens with two attached hydrogens (primary N) is 1. The summed E-state index contributed by atoms with van der Waals surface area (Å²) in [4.78, 5) is 12.2. The van der Waals surface area contributed by atoms with Crippen LogP contribution in [0.1, 0.15) is 24.2 Å². The van der Waals surface area contributed by atoms with Gasteiger partial charge in [-0.1, -0.05) is 19.9 Å². The van der Waals surface area contributed by atoms with Crippen LogP contribution < -0.4 is 15.8 Å². The molecular weight excluding hydrogens is 283 g/mol. The predicted octanol–water partition coefficient (Wildman–Crippen LogP) is 3.70. The Kier molecular flexibility index (Phi) is 4.99. The molecule has 3 N–H and O–H groups in total. The molecule has 0 fully saturated rings. The SMILES string of the molecule is CC(C)COc1cccc(C(=O)Nc2cc(N)ccc2F)c1. The maximum Gasteiger partial charge on any atom is 0.255 e. The molecule has 0 aliphatic heterocycles. The zero-order valence-electron chi connectivity index (χ0n) is 12.6. The third-order valence-corrected chi connectivity index (χ3v) is 2.92. The number of halogens is 1. The molecule has 5 heteroatoms. The molecule has 2 aromatic carbocycles. The Morgan fingerprint density at radius 3 is 2.77 bits per heavy atom. The zero-order valence-corrected chi connectivity index (χ0v) is 12.6. The van der Waals surface area contributed by atoms with Gasteiger partial charge in [-0.25, -0.2) is 4.39 Å². The molecule has 0 saturated carbocycles. The molecule has 2 aromatic rings. The largest absolute Gasteiger partial charge is 0.493 e. The van der Waals surface area contributed by atoms with Gasteiger partial charge in [0.15, 0.2) is 0 Å². The quantitative estimate of drug-likeness (QED) is 0.828. The van der Waals surface area contributed by atoms with Gasteiger partial charge in [-0.3, -0.25) is 4.79 Å². The minimum Gasteiger partial charge on any atom is -0.493 e. The minimum atomic E-state index is -0.533. The summed E-state index contributed by atoms with van der Waals surface area (Å²) in [5.74, 6) is 0.0440. The molecule has 4 nitrogen and oxygen atoms in total. The standard InChI is InChI=1S/C17H19FN2O2/c1-11(2)10-22-14-5-3-4-12(8-14)17(21)20-16-9-13(19)6-7-15(16)18/h3-9,11H,10,19H2,1-2H3,(H,20,21). The lowest BCUT2D eigenvalue weighted by molar-refractivity contribution is 0.102. The van der Waals surface area contributed by atoms with Crippen LogP contribution in [0.4, 0.5) is 15.8 Å². The van der Waals surface area contributed by atoms with Gasteiger partial charge in [-0.15, -0.1) is 0 Å². The van der Waals surface area contributed by atoms with Gasteiger partial charge in [0, 0.05) is 11.3 Å². The summed E-state index contributed by atoms with van der Waals surface area (Å²) < 4.78 is 19.2. The molecule has 0 aromatic heterocycles. The van der Waals surface area contributed by atoms with E-state index in [1.54, 1.807) is 24.3 Å². The van der Waals surface area contributed by atoms with Gasteiger partial charge < -0.3 is 15.8 Å². The van der Waals surface area contributed by atoms with Gasteiger partial charge in [0.05, 0.1) is 12.3 Å². The van der Waals surface area contributed by atoms with Gasteiger partial charge in [0.25, 0.3) is 5.91 Å². The van der Waals surface area contributed by atoms with Crippen LogP contribution in [0.3, 0.4) is 0 Å². The second-order valence-corrected chi connectivity index (χ2v) is 5.43. The van der Waals surface area contributed by atoms with E-state index in [0.717, 1.165) is 0 Å². The number of hydrogen-bond acceptors (Lipinski definition) is 3. The van der Waals surface area contributed by atoms with E-state index in [4.69, 9.17) is 10.5 Å². The van der Waals surface area contributed by atoms with Crippen molar-refractivity contribution in [1.82, 2.24) is 0 Å². The van der Waals surface area contributed by atoms with Crippen LogP contribution in [0.25, 0.3) is 0 Å². The lowest BCUT2D eigenvalue weighted by Gasteiger charge is -2.11. The number of carbonyl (C=O) groups excluding carboxylic acids is 1. The van der Waals surface area contributed by atoms with Crippen LogP contribution in [-0.2, 0) is 0 Å². The fourth-order valence-corrected chi connectivity index (χ4v) is 1.82. The van der Waals surface area contributed by atoms with E-state index in [2.05, 4.69) is 5.32 Å². The Hall–Kier alpha value is -2.56. The maximum atomic E-state index is 13.6. The molecule has 0 atom stereocenters. The van der Waals surface area contributed by atoms with Crippen LogP contribution in [0, 0.1) is 11.7 Å². The number of ether oxygens (including phenoxy) is 1. The van der Waals surface area contributed by atoms with Crippen molar-refractivity contribution in [3.63, 3.8) is 0 Å². The topological polar surface area (TPSA) is 64.3 Å². The number of hydrogen-bond donors (Lipinski definition) is 2. The summed E-state index contributed by atoms with van der Waals surface area (Å²) in [6, 6.07) is 10.8. The minimum absolute atomic E-state index is 0.0542. The summed E-state index contributed by atoms with van der Waals surface area (Å²) in [6.07, 6.45) is 0. The Morgan fingerprint density at radius 1 is 1.27 bits per heavy atom. The first-order valence-corrected chi connectivity index (χ1v) is 7.05. The molecule has 0 spiro atoms. The van der Waals surface area contributed by atoms with Crippen molar-refractivity contribution in [1.29, 1.82) is 0 Å². The number of rotatable bonds is 5. The first-order chi connectivity index (χ1) is 10.5. The van der Waals surface area contributed by atoms with Crippen LogP contribution in [0.2, 0.25) is 0 Å². The van der Waals surface area contributed by atoms with Crippen LogP contribution in [0.5, 0.6) is 5.75 Å². The van der Waals surface area contributed by atoms with E-state index >= 15 is 0 Å². The Balaban J connectivity index is 2.12. The molecule has 0 aliphatic rings. The highest BCUT2D eigenvalue weighted by Gasteiger charge is 2.10. The van der Waals surface area contributed by atoms with Gasteiger partial charge in [0.1, 0.15) is 11.6 Å². The molecule has 1 amide bonds. The van der Waals surface area contributed by atoms with E-state index in [9.17, 15) is 9.18 Å². The normalized spacial score (nSPS) is 10.5. The molecule has 0 saturated heterocycles. The van der Waals surface area contributed by atoms with Crippen LogP contribution in [0.15, 0.2) is 42.5 Å². The van der Waals surface area contributed by atoms with Crippen molar-refractivity contribution in [2.45, 2.75) is 13.8 Å². The third kappa shape index (κ3) is 4.22. The highest BCUT2D eigenvalue weighted by Crippen LogP contribution is 2.20. The van der Waals surface area contributed by atoms with Crippen molar-refractivity contribution in [3.05, 3.63) is 53.8 Å². The van der Waals surface area contributed by atoms with Crippen molar-refractivity contribution in [3.8, 4) is 5.75 Å². The molecule has 0 radical (unpaired) electrons. The summed E-state index contributed by atoms with van der Waals surface area (Å²) in [6.45, 7) is 4.65. The summed E-state index contributed by atoms with van der Waals surface area (Å²) in [5.41, 5.74) is 6.42. The summed E-state index contributed by atoms with van der Waals surface area (Å²) in [7, 11) is 0. The zero-order chi connectivity index (χ0) is 16.1. The van der Waals surface area contributed by atoms with E-state index in [1.165, 1.54) is 18.2 Å². The fraction of sp³-hybridized carbons (Fsp3) is 0.235. The maximum absolute atomic E-state index is 13.6. The lowest BCUT2D eigenvalue weighted by Crippen LogP contribution is -2.13. The smallest absolute Gasteiger partial charge is 0.255 e. The molecule has 0 heterocycles. The Morgan fingerprint density at radius 2 is 2.05 bits per heavy atom. The number of anilines is 2. The number of amides is 1. The lowest BCUT2D eigenvalue weighted by atomic mass is 10.2. The Labute approximate surface area is 129 Å². The molecule has 0 aliphatic carbocycles. The number of benzene rings is 2. The first kappa shape index (κ1) is 15.8. The van der Waals surface area contributed by atoms with Gasteiger partial charge in [-0.05, 0) is 42.3 Å². The number of carbonyl (C=O) groups is 1. The van der Waals surface area contributed by atoms with E-state index < -0.39 is 11.7 Å². The summed E-state index contributed by atoms with van der Waals surface area (Å²) in [5, 5.41) is 2.51. The summed E-state index contributed by atoms with van der Waals surface area (Å²) >= 11 is 0. The van der Waals surface area contributed by atoms with Crippen molar-refractivity contribution >= 4 is 17.3 Å². The predicted molar refractivity (Wildman–Crippen MR) is 85.5 cm³/mol. The molecular formula is C17H19FN2O2. The third-order valence-electron chi connectivity index (χ3n) is 2.92. The number of nitrogens with one attached hydrogen (secondary N) is 1. The van der Waals surface area contributed by atoms with Gasteiger partial charge >= 0.3 is 0 Å². The fourth-order valence-electron chi connectivity index (χ4n) is 1.82. The molecule has 116 valence electrons. The Bertz CT molecular complexity index is 671. The van der Waals surface area contributed by atoms with Gasteiger partial charge in [0.2, 0.25) is 0 Å². The van der Waals surface area contributed by atoms with Crippen molar-refractivity contribution < 1.29 is 13.9 Å². The molecule has 0 bridgehead atoms. The van der Waals surface area contributed by atoms with Crippen LogP contribution >= 0.6 is 0 Å². The second-order valence-electron chi connectivity index (χ2n) is 5.43. The molecule has 22 heavy (non-hydrogen) atoms. The number of nitrogen functional groups attached to an aromatic ring is 1. The monoisotopic (exact) mass is 302 g/mol. The average Bonchev–Trinajstić information content (AvgIpc) is 2.49. The van der Waals surface area contributed by atoms with E-state index in [0.29, 0.717) is 29.5 Å². The van der Waals surface area contributed by atoms with E-state index in [-0.39, 0.29) is 5.69 Å². The van der Waals surface area contributed by atoms with E-state index in [1.807, 2.05) is 13.8 Å². The first-order valence-electron chi connectivity index (χ1n) is 7.05. The average molecular weight is 302 g/mol. The highest BCUT2D eigenvalue weighted by atomic mass is 19.1. The van der Waals surface area contributed by atoms with Crippen molar-refractivity contribution in [2.24, 2.45) is 5.92 Å². The second kappa shape index (κ2) is 6.93. The molecule has 2 rings (SSSR count). The highest BCUT2D eigenvalue weighted by molar-refractivity contribution is 6.04.